The first kappa shape index (κ1) is 14.2. The smallest absolute Gasteiger partial charge is 0.223 e. The predicted octanol–water partition coefficient (Wildman–Crippen LogP) is 2.54. The van der Waals surface area contributed by atoms with E-state index in [0.717, 1.165) is 29.5 Å². The van der Waals surface area contributed by atoms with E-state index in [1.54, 1.807) is 6.92 Å². The summed E-state index contributed by atoms with van der Waals surface area (Å²) in [6, 6.07) is 7.57. The van der Waals surface area contributed by atoms with Gasteiger partial charge < -0.3 is 13.8 Å². The lowest BCUT2D eigenvalue weighted by molar-refractivity contribution is 0.289. The second-order valence-corrected chi connectivity index (χ2v) is 4.86. The molecule has 0 atom stereocenters. The van der Waals surface area contributed by atoms with Crippen LogP contribution in [0.25, 0.3) is 11.4 Å². The number of ether oxygens (including phenoxy) is 1. The van der Waals surface area contributed by atoms with Crippen molar-refractivity contribution in [3.63, 3.8) is 0 Å². The minimum atomic E-state index is 0.364. The number of aryl methyl sites for hydroxylation is 2. The summed E-state index contributed by atoms with van der Waals surface area (Å²) in [7, 11) is 0. The lowest BCUT2D eigenvalue weighted by Gasteiger charge is -2.08. The Hall–Kier alpha value is -2.70. The Bertz CT molecular complexity index is 778. The van der Waals surface area contributed by atoms with Gasteiger partial charge >= 0.3 is 0 Å². The molecule has 0 aliphatic heterocycles. The molecule has 0 amide bonds. The largest absolute Gasteiger partial charge is 0.486 e. The summed E-state index contributed by atoms with van der Waals surface area (Å²) >= 11 is 0. The molecule has 2 heterocycles. The van der Waals surface area contributed by atoms with Gasteiger partial charge in [-0.25, -0.2) is 0 Å². The zero-order valence-electron chi connectivity index (χ0n) is 12.8. The summed E-state index contributed by atoms with van der Waals surface area (Å²) in [6.07, 6.45) is 0. The van der Waals surface area contributed by atoms with Crippen LogP contribution in [0.4, 0.5) is 0 Å². The summed E-state index contributed by atoms with van der Waals surface area (Å²) in [4.78, 5) is 4.21. The van der Waals surface area contributed by atoms with E-state index in [1.807, 2.05) is 35.8 Å². The Kier molecular flexibility index (Phi) is 3.86. The van der Waals surface area contributed by atoms with E-state index < -0.39 is 0 Å². The van der Waals surface area contributed by atoms with Gasteiger partial charge in [0.25, 0.3) is 0 Å². The van der Waals surface area contributed by atoms with Crippen molar-refractivity contribution in [1.29, 1.82) is 0 Å². The molecule has 0 unspecified atom stereocenters. The fourth-order valence-electron chi connectivity index (χ4n) is 2.23. The normalized spacial score (nSPS) is 10.9. The van der Waals surface area contributed by atoms with Crippen LogP contribution in [0.5, 0.6) is 5.75 Å². The topological polar surface area (TPSA) is 78.9 Å². The third kappa shape index (κ3) is 2.83. The van der Waals surface area contributed by atoms with Crippen LogP contribution >= 0.6 is 0 Å². The maximum Gasteiger partial charge on any atom is 0.223 e. The molecule has 0 saturated heterocycles. The first-order valence-electron chi connectivity index (χ1n) is 7.09. The number of aromatic nitrogens is 5. The van der Waals surface area contributed by atoms with E-state index in [9.17, 15) is 0 Å². The predicted molar refractivity (Wildman–Crippen MR) is 79.2 cm³/mol. The van der Waals surface area contributed by atoms with Crippen molar-refractivity contribution in [2.24, 2.45) is 0 Å². The standard InChI is InChI=1S/C15H17N5O2/c1-4-20-10(2)17-18-14(20)9-21-13-7-5-6-12(8-13)15-16-11(3)22-19-15/h5-8H,4,9H2,1-3H3. The van der Waals surface area contributed by atoms with Crippen molar-refractivity contribution in [1.82, 2.24) is 24.9 Å². The molecular formula is C15H17N5O2. The van der Waals surface area contributed by atoms with Gasteiger partial charge in [0.1, 0.15) is 18.2 Å². The summed E-state index contributed by atoms with van der Waals surface area (Å²) in [5, 5.41) is 12.1. The Balaban J connectivity index is 1.76. The van der Waals surface area contributed by atoms with Gasteiger partial charge in [-0.1, -0.05) is 17.3 Å². The lowest BCUT2D eigenvalue weighted by atomic mass is 10.2. The van der Waals surface area contributed by atoms with Crippen LogP contribution in [0.3, 0.4) is 0 Å². The average Bonchev–Trinajstić information content (AvgIpc) is 3.11. The second kappa shape index (κ2) is 5.97. The number of rotatable bonds is 5. The third-order valence-corrected chi connectivity index (χ3v) is 3.32. The van der Waals surface area contributed by atoms with Crippen LogP contribution < -0.4 is 4.74 Å². The van der Waals surface area contributed by atoms with Gasteiger partial charge in [-0.2, -0.15) is 4.98 Å². The zero-order valence-corrected chi connectivity index (χ0v) is 12.8. The van der Waals surface area contributed by atoms with E-state index in [-0.39, 0.29) is 0 Å². The van der Waals surface area contributed by atoms with E-state index in [4.69, 9.17) is 9.26 Å². The molecule has 0 aliphatic rings. The first-order valence-corrected chi connectivity index (χ1v) is 7.09. The Morgan fingerprint density at radius 1 is 1.23 bits per heavy atom. The van der Waals surface area contributed by atoms with Crippen molar-refractivity contribution in [2.75, 3.05) is 0 Å². The van der Waals surface area contributed by atoms with Crippen molar-refractivity contribution < 1.29 is 9.26 Å². The molecule has 0 spiro atoms. The zero-order chi connectivity index (χ0) is 15.5. The Morgan fingerprint density at radius 3 is 2.82 bits per heavy atom. The molecule has 2 aromatic heterocycles. The summed E-state index contributed by atoms with van der Waals surface area (Å²) < 4.78 is 12.8. The Morgan fingerprint density at radius 2 is 2.09 bits per heavy atom. The molecule has 0 radical (unpaired) electrons. The SMILES string of the molecule is CCn1c(C)nnc1COc1cccc(-c2noc(C)n2)c1. The fraction of sp³-hybridized carbons (Fsp3) is 0.333. The maximum atomic E-state index is 5.81. The monoisotopic (exact) mass is 299 g/mol. The van der Waals surface area contributed by atoms with Gasteiger partial charge in [-0.15, -0.1) is 10.2 Å². The molecule has 7 heteroatoms. The number of nitrogens with zero attached hydrogens (tertiary/aromatic N) is 5. The van der Waals surface area contributed by atoms with Crippen molar-refractivity contribution in [2.45, 2.75) is 33.9 Å². The minimum absolute atomic E-state index is 0.364. The first-order chi connectivity index (χ1) is 10.7. The van der Waals surface area contributed by atoms with Crippen LogP contribution in [-0.4, -0.2) is 24.9 Å². The fourth-order valence-corrected chi connectivity index (χ4v) is 2.23. The summed E-state index contributed by atoms with van der Waals surface area (Å²) in [6.45, 7) is 6.93. The quantitative estimate of drug-likeness (QED) is 0.720. The van der Waals surface area contributed by atoms with Crippen molar-refractivity contribution in [3.8, 4) is 17.1 Å². The summed E-state index contributed by atoms with van der Waals surface area (Å²) in [5.74, 6) is 3.50. The van der Waals surface area contributed by atoms with Crippen LogP contribution in [0.15, 0.2) is 28.8 Å². The van der Waals surface area contributed by atoms with Gasteiger partial charge in [-0.3, -0.25) is 0 Å². The molecule has 1 aromatic carbocycles. The van der Waals surface area contributed by atoms with E-state index in [1.165, 1.54) is 0 Å². The number of hydrogen-bond acceptors (Lipinski definition) is 6. The van der Waals surface area contributed by atoms with Crippen LogP contribution in [0.1, 0.15) is 24.5 Å². The lowest BCUT2D eigenvalue weighted by Crippen LogP contribution is -2.07. The Labute approximate surface area is 127 Å². The van der Waals surface area contributed by atoms with Gasteiger partial charge in [0.2, 0.25) is 11.7 Å². The molecule has 22 heavy (non-hydrogen) atoms. The van der Waals surface area contributed by atoms with Gasteiger partial charge in [0.15, 0.2) is 5.82 Å². The maximum absolute atomic E-state index is 5.81. The van der Waals surface area contributed by atoms with Crippen molar-refractivity contribution in [3.05, 3.63) is 41.8 Å². The molecule has 0 saturated carbocycles. The molecular weight excluding hydrogens is 282 g/mol. The van der Waals surface area contributed by atoms with Gasteiger partial charge in [0.05, 0.1) is 0 Å². The van der Waals surface area contributed by atoms with Crippen LogP contribution in [0.2, 0.25) is 0 Å². The molecule has 0 fully saturated rings. The van der Waals surface area contributed by atoms with Crippen LogP contribution in [0, 0.1) is 13.8 Å². The number of benzene rings is 1. The molecule has 0 N–H and O–H groups in total. The second-order valence-electron chi connectivity index (χ2n) is 4.86. The molecule has 0 aliphatic carbocycles. The van der Waals surface area contributed by atoms with E-state index in [0.29, 0.717) is 18.3 Å². The minimum Gasteiger partial charge on any atom is -0.486 e. The average molecular weight is 299 g/mol. The van der Waals surface area contributed by atoms with E-state index >= 15 is 0 Å². The van der Waals surface area contributed by atoms with Gasteiger partial charge in [0, 0.05) is 19.0 Å². The molecule has 3 aromatic rings. The summed E-state index contributed by atoms with van der Waals surface area (Å²) in [5.41, 5.74) is 0.850. The van der Waals surface area contributed by atoms with Crippen LogP contribution in [-0.2, 0) is 13.2 Å². The highest BCUT2D eigenvalue weighted by molar-refractivity contribution is 5.56. The molecule has 114 valence electrons. The van der Waals surface area contributed by atoms with Gasteiger partial charge in [-0.05, 0) is 26.0 Å². The third-order valence-electron chi connectivity index (χ3n) is 3.32. The molecule has 3 rings (SSSR count). The molecule has 0 bridgehead atoms. The van der Waals surface area contributed by atoms with E-state index in [2.05, 4.69) is 27.3 Å². The highest BCUT2D eigenvalue weighted by Crippen LogP contribution is 2.22. The van der Waals surface area contributed by atoms with Crippen molar-refractivity contribution >= 4 is 0 Å². The number of hydrogen-bond donors (Lipinski definition) is 0. The molecule has 7 nitrogen and oxygen atoms in total. The highest BCUT2D eigenvalue weighted by atomic mass is 16.5. The highest BCUT2D eigenvalue weighted by Gasteiger charge is 2.09.